The van der Waals surface area contributed by atoms with Crippen molar-refractivity contribution in [1.82, 2.24) is 9.78 Å². The summed E-state index contributed by atoms with van der Waals surface area (Å²) in [5.41, 5.74) is 2.89. The van der Waals surface area contributed by atoms with Gasteiger partial charge in [-0.3, -0.25) is 14.7 Å². The summed E-state index contributed by atoms with van der Waals surface area (Å²) in [4.78, 5) is 24.4. The van der Waals surface area contributed by atoms with Crippen molar-refractivity contribution in [3.63, 3.8) is 0 Å². The van der Waals surface area contributed by atoms with Crippen LogP contribution in [-0.4, -0.2) is 15.6 Å². The number of aryl methyl sites for hydroxylation is 1. The Morgan fingerprint density at radius 1 is 1.04 bits per heavy atom. The zero-order valence-corrected chi connectivity index (χ0v) is 14.6. The first-order valence-electron chi connectivity index (χ1n) is 8.06. The summed E-state index contributed by atoms with van der Waals surface area (Å²) in [7, 11) is 0. The van der Waals surface area contributed by atoms with E-state index in [2.05, 4.69) is 21.9 Å². The molecule has 1 aromatic heterocycles. The number of hydrogen-bond acceptors (Lipinski definition) is 4. The molecule has 3 rings (SSSR count). The molecule has 0 unspecified atom stereocenters. The molecule has 26 heavy (non-hydrogen) atoms. The molecule has 0 fully saturated rings. The molecule has 0 aliphatic heterocycles. The summed E-state index contributed by atoms with van der Waals surface area (Å²) in [6, 6.07) is 15.9. The Balaban J connectivity index is 1.88. The fourth-order valence-corrected chi connectivity index (χ4v) is 2.45. The lowest BCUT2D eigenvalue weighted by Crippen LogP contribution is -2.13. The average molecular weight is 346 g/mol. The molecular formula is C20H18N4O2. The van der Waals surface area contributed by atoms with E-state index in [9.17, 15) is 9.59 Å². The predicted octanol–water partition coefficient (Wildman–Crippen LogP) is 4.65. The molecule has 0 spiro atoms. The maximum atomic E-state index is 12.6. The zero-order chi connectivity index (χ0) is 18.7. The number of allylic oxidation sites excluding steroid dienone is 1. The highest BCUT2D eigenvalue weighted by atomic mass is 16.1. The van der Waals surface area contributed by atoms with Crippen LogP contribution in [0, 0.1) is 6.92 Å². The van der Waals surface area contributed by atoms with Crippen LogP contribution in [-0.2, 0) is 0 Å². The van der Waals surface area contributed by atoms with E-state index >= 15 is 0 Å². The number of azo groups is 1. The second kappa shape index (κ2) is 7.14. The number of nitrogens with one attached hydrogen (secondary N) is 1. The van der Waals surface area contributed by atoms with Gasteiger partial charge in [0.05, 0.1) is 17.1 Å². The van der Waals surface area contributed by atoms with E-state index in [-0.39, 0.29) is 17.0 Å². The largest absolute Gasteiger partial charge is 0.299 e. The number of carbonyl (C=O) groups excluding carboxylic acids is 1. The van der Waals surface area contributed by atoms with Crippen LogP contribution >= 0.6 is 0 Å². The van der Waals surface area contributed by atoms with E-state index in [1.165, 1.54) is 4.68 Å². The highest BCUT2D eigenvalue weighted by molar-refractivity contribution is 6.07. The van der Waals surface area contributed by atoms with Crippen molar-refractivity contribution in [2.45, 2.75) is 13.8 Å². The number of Topliss-reactive ketones (excluding diaryl/α,β-unsaturated/α-hetero) is 1. The van der Waals surface area contributed by atoms with Gasteiger partial charge in [0.2, 0.25) is 0 Å². The summed E-state index contributed by atoms with van der Waals surface area (Å²) in [6.45, 7) is 7.08. The van der Waals surface area contributed by atoms with Gasteiger partial charge >= 0.3 is 0 Å². The lowest BCUT2D eigenvalue weighted by molar-refractivity contribution is 0.103. The molecule has 1 N–H and O–H groups in total. The minimum atomic E-state index is -0.272. The Morgan fingerprint density at radius 3 is 2.31 bits per heavy atom. The van der Waals surface area contributed by atoms with Crippen molar-refractivity contribution in [3.05, 3.63) is 88.4 Å². The van der Waals surface area contributed by atoms with Gasteiger partial charge < -0.3 is 0 Å². The third-order valence-electron chi connectivity index (χ3n) is 3.84. The molecule has 0 aliphatic rings. The molecule has 0 aliphatic carbocycles. The van der Waals surface area contributed by atoms with E-state index in [0.29, 0.717) is 22.5 Å². The second-order valence-electron chi connectivity index (χ2n) is 5.92. The molecule has 3 aromatic rings. The monoisotopic (exact) mass is 346 g/mol. The van der Waals surface area contributed by atoms with Crippen molar-refractivity contribution in [1.29, 1.82) is 0 Å². The topological polar surface area (TPSA) is 79.6 Å². The highest BCUT2D eigenvalue weighted by Gasteiger charge is 2.12. The van der Waals surface area contributed by atoms with Crippen LogP contribution in [0.15, 0.2) is 81.8 Å². The molecule has 0 atom stereocenters. The molecule has 0 amide bonds. The van der Waals surface area contributed by atoms with Gasteiger partial charge in [-0.15, -0.1) is 5.11 Å². The number of rotatable bonds is 5. The average Bonchev–Trinajstić information content (AvgIpc) is 2.94. The van der Waals surface area contributed by atoms with E-state index in [4.69, 9.17) is 0 Å². The smallest absolute Gasteiger partial charge is 0.293 e. The first-order valence-corrected chi connectivity index (χ1v) is 8.06. The third kappa shape index (κ3) is 3.44. The van der Waals surface area contributed by atoms with Gasteiger partial charge in [0, 0.05) is 5.56 Å². The Morgan fingerprint density at radius 2 is 1.69 bits per heavy atom. The first kappa shape index (κ1) is 17.3. The fraction of sp³-hybridized carbons (Fsp3) is 0.100. The van der Waals surface area contributed by atoms with Gasteiger partial charge in [-0.05, 0) is 55.8 Å². The van der Waals surface area contributed by atoms with E-state index in [1.807, 2.05) is 30.3 Å². The zero-order valence-electron chi connectivity index (χ0n) is 14.6. The van der Waals surface area contributed by atoms with Crippen LogP contribution in [0.3, 0.4) is 0 Å². The number of para-hydroxylation sites is 1. The van der Waals surface area contributed by atoms with E-state index in [0.717, 1.165) is 5.69 Å². The number of H-pyrrole nitrogens is 1. The number of aromatic amines is 1. The molecule has 0 saturated carbocycles. The van der Waals surface area contributed by atoms with Gasteiger partial charge in [0.1, 0.15) is 0 Å². The lowest BCUT2D eigenvalue weighted by atomic mass is 10.1. The standard InChI is InChI=1S/C20H18N4O2/c1-13(2)19(25)15-9-11-16(12-10-15)21-22-18-14(3)23-24(20(18)26)17-7-5-4-6-8-17/h4-12,23H,1H2,2-3H3/b22-21+. The van der Waals surface area contributed by atoms with Crippen molar-refractivity contribution in [2.24, 2.45) is 10.2 Å². The summed E-state index contributed by atoms with van der Waals surface area (Å²) in [5.74, 6) is -0.110. The van der Waals surface area contributed by atoms with Crippen LogP contribution in [0.2, 0.25) is 0 Å². The molecule has 6 nitrogen and oxygen atoms in total. The molecule has 130 valence electrons. The van der Waals surface area contributed by atoms with Gasteiger partial charge in [-0.25, -0.2) is 4.68 Å². The van der Waals surface area contributed by atoms with Crippen molar-refractivity contribution in [2.75, 3.05) is 0 Å². The maximum absolute atomic E-state index is 12.6. The fourth-order valence-electron chi connectivity index (χ4n) is 2.45. The maximum Gasteiger partial charge on any atom is 0.299 e. The summed E-state index contributed by atoms with van der Waals surface area (Å²) >= 11 is 0. The SMILES string of the molecule is C=C(C)C(=O)c1ccc(/N=N/c2c(C)[nH]n(-c3ccccc3)c2=O)cc1. The third-order valence-corrected chi connectivity index (χ3v) is 3.84. The van der Waals surface area contributed by atoms with Crippen LogP contribution in [0.4, 0.5) is 11.4 Å². The Hall–Kier alpha value is -3.54. The lowest BCUT2D eigenvalue weighted by Gasteiger charge is -1.99. The highest BCUT2D eigenvalue weighted by Crippen LogP contribution is 2.20. The molecule has 6 heteroatoms. The molecule has 0 radical (unpaired) electrons. The van der Waals surface area contributed by atoms with E-state index in [1.54, 1.807) is 38.1 Å². The van der Waals surface area contributed by atoms with Crippen molar-refractivity contribution < 1.29 is 4.79 Å². The second-order valence-corrected chi connectivity index (χ2v) is 5.92. The van der Waals surface area contributed by atoms with Crippen molar-refractivity contribution >= 4 is 17.2 Å². The summed E-state index contributed by atoms with van der Waals surface area (Å²) in [5, 5.41) is 11.2. The number of carbonyl (C=O) groups is 1. The normalized spacial score (nSPS) is 11.0. The summed E-state index contributed by atoms with van der Waals surface area (Å²) < 4.78 is 1.43. The number of ketones is 1. The minimum absolute atomic E-state index is 0.110. The van der Waals surface area contributed by atoms with Crippen LogP contribution in [0.25, 0.3) is 5.69 Å². The predicted molar refractivity (Wildman–Crippen MR) is 101 cm³/mol. The van der Waals surface area contributed by atoms with Gasteiger partial charge in [-0.1, -0.05) is 24.8 Å². The Bertz CT molecular complexity index is 1040. The molecule has 0 saturated heterocycles. The van der Waals surface area contributed by atoms with E-state index < -0.39 is 0 Å². The van der Waals surface area contributed by atoms with Gasteiger partial charge in [-0.2, -0.15) is 5.11 Å². The van der Waals surface area contributed by atoms with Gasteiger partial charge in [0.15, 0.2) is 11.5 Å². The molecule has 1 heterocycles. The van der Waals surface area contributed by atoms with Crippen LogP contribution in [0.1, 0.15) is 23.0 Å². The number of benzene rings is 2. The molecule has 2 aromatic carbocycles. The Kier molecular flexibility index (Phi) is 4.75. The molecule has 0 bridgehead atoms. The van der Waals surface area contributed by atoms with Crippen molar-refractivity contribution in [3.8, 4) is 5.69 Å². The van der Waals surface area contributed by atoms with Crippen LogP contribution in [0.5, 0.6) is 0 Å². The number of hydrogen-bond donors (Lipinski definition) is 1. The van der Waals surface area contributed by atoms with Gasteiger partial charge in [0.25, 0.3) is 5.56 Å². The number of aromatic nitrogens is 2. The summed E-state index contributed by atoms with van der Waals surface area (Å²) in [6.07, 6.45) is 0. The first-order chi connectivity index (χ1) is 12.5. The molecular weight excluding hydrogens is 328 g/mol. The quantitative estimate of drug-likeness (QED) is 0.414. The minimum Gasteiger partial charge on any atom is -0.293 e. The van der Waals surface area contributed by atoms with Crippen LogP contribution < -0.4 is 5.56 Å². The Labute approximate surface area is 150 Å². The number of nitrogens with zero attached hydrogens (tertiary/aromatic N) is 3.